The van der Waals surface area contributed by atoms with Crippen molar-refractivity contribution in [2.24, 2.45) is 4.99 Å². The summed E-state index contributed by atoms with van der Waals surface area (Å²) in [6.07, 6.45) is 4.29. The van der Waals surface area contributed by atoms with Crippen LogP contribution in [0.25, 0.3) is 16.6 Å². The number of allylic oxidation sites excluding steroid dienone is 1. The average Bonchev–Trinajstić information content (AvgIpc) is 3.14. The average molecular weight is 488 g/mol. The van der Waals surface area contributed by atoms with Gasteiger partial charge >= 0.3 is 0 Å². The maximum atomic E-state index is 13.2. The zero-order chi connectivity index (χ0) is 25.7. The molecule has 0 atom stereocenters. The lowest BCUT2D eigenvalue weighted by atomic mass is 10.2. The molecular weight excluding hydrogens is 454 g/mol. The number of aromatic amines is 1. The van der Waals surface area contributed by atoms with Gasteiger partial charge in [0.05, 0.1) is 18.5 Å². The molecule has 0 radical (unpaired) electrons. The van der Waals surface area contributed by atoms with Gasteiger partial charge < -0.3 is 19.9 Å². The van der Waals surface area contributed by atoms with Crippen molar-refractivity contribution in [1.82, 2.24) is 24.8 Å². The van der Waals surface area contributed by atoms with Crippen LogP contribution in [0.1, 0.15) is 36.5 Å². The fourth-order valence-corrected chi connectivity index (χ4v) is 4.26. The summed E-state index contributed by atoms with van der Waals surface area (Å²) >= 11 is 0. The highest BCUT2D eigenvalue weighted by atomic mass is 16.5. The van der Waals surface area contributed by atoms with Crippen LogP contribution in [-0.4, -0.2) is 76.7 Å². The molecule has 1 amide bonds. The molecule has 9 nitrogen and oxygen atoms in total. The van der Waals surface area contributed by atoms with Crippen LogP contribution in [0, 0.1) is 0 Å². The summed E-state index contributed by atoms with van der Waals surface area (Å²) in [6, 6.07) is 9.97. The largest absolute Gasteiger partial charge is 0.497 e. The highest BCUT2D eigenvalue weighted by Crippen LogP contribution is 2.24. The lowest BCUT2D eigenvalue weighted by Gasteiger charge is -2.24. The number of H-pyrrole nitrogens is 1. The Labute approximate surface area is 211 Å². The van der Waals surface area contributed by atoms with Crippen LogP contribution in [0.2, 0.25) is 0 Å². The minimum Gasteiger partial charge on any atom is -0.497 e. The quantitative estimate of drug-likeness (QED) is 0.277. The van der Waals surface area contributed by atoms with E-state index in [-0.39, 0.29) is 5.91 Å². The molecule has 188 valence electrons. The summed E-state index contributed by atoms with van der Waals surface area (Å²) in [4.78, 5) is 33.7. The van der Waals surface area contributed by atoms with Gasteiger partial charge in [-0.05, 0) is 57.3 Å². The number of anilines is 2. The summed E-state index contributed by atoms with van der Waals surface area (Å²) in [6.45, 7) is 15.2. The number of nitrogens with zero attached hydrogens (tertiary/aromatic N) is 5. The van der Waals surface area contributed by atoms with Crippen molar-refractivity contribution in [3.63, 3.8) is 0 Å². The van der Waals surface area contributed by atoms with Crippen molar-refractivity contribution >= 4 is 40.9 Å². The summed E-state index contributed by atoms with van der Waals surface area (Å²) in [7, 11) is 1.54. The SMILES string of the molecule is C=N/C(=C\C(=C)OC)c1ccnc(Nc2ccc3[nH]c(C(=O)N4CCCN(C(C)C)CC4)cc3c2)n1. The van der Waals surface area contributed by atoms with E-state index in [0.717, 1.165) is 49.2 Å². The highest BCUT2D eigenvalue weighted by molar-refractivity contribution is 5.98. The van der Waals surface area contributed by atoms with E-state index in [4.69, 9.17) is 4.74 Å². The second-order valence-corrected chi connectivity index (χ2v) is 9.01. The molecule has 2 aromatic heterocycles. The third kappa shape index (κ3) is 5.80. The van der Waals surface area contributed by atoms with Gasteiger partial charge in [0.15, 0.2) is 0 Å². The number of hydrogen-bond acceptors (Lipinski definition) is 7. The number of aromatic nitrogens is 3. The Morgan fingerprint density at radius 3 is 2.81 bits per heavy atom. The molecule has 1 saturated heterocycles. The number of nitrogens with one attached hydrogen (secondary N) is 2. The van der Waals surface area contributed by atoms with E-state index in [1.54, 1.807) is 18.3 Å². The van der Waals surface area contributed by atoms with Crippen LogP contribution in [0.5, 0.6) is 0 Å². The van der Waals surface area contributed by atoms with Crippen molar-refractivity contribution < 1.29 is 9.53 Å². The Balaban J connectivity index is 1.50. The monoisotopic (exact) mass is 487 g/mol. The first-order valence-corrected chi connectivity index (χ1v) is 12.1. The fourth-order valence-electron chi connectivity index (χ4n) is 4.26. The van der Waals surface area contributed by atoms with Gasteiger partial charge in [0.2, 0.25) is 5.95 Å². The number of hydrogen-bond donors (Lipinski definition) is 2. The molecule has 0 aliphatic carbocycles. The smallest absolute Gasteiger partial charge is 0.270 e. The molecule has 4 rings (SSSR count). The standard InChI is InChI=1S/C27H33N7O2/c1-18(2)33-11-6-12-34(14-13-33)26(35)25-17-20-16-21(7-8-22(20)31-25)30-27-29-10-9-23(32-27)24(28-4)15-19(3)36-5/h7-10,15-18,31H,3-4,6,11-14H2,1-2,5H3,(H,29,30,32)/b24-15-. The van der Waals surface area contributed by atoms with Crippen LogP contribution in [0.15, 0.2) is 59.9 Å². The van der Waals surface area contributed by atoms with E-state index in [1.165, 1.54) is 7.11 Å². The Morgan fingerprint density at radius 1 is 1.22 bits per heavy atom. The van der Waals surface area contributed by atoms with Crippen molar-refractivity contribution in [3.05, 3.63) is 66.3 Å². The second-order valence-electron chi connectivity index (χ2n) is 9.01. The van der Waals surface area contributed by atoms with E-state index in [9.17, 15) is 4.79 Å². The van der Waals surface area contributed by atoms with E-state index in [1.807, 2.05) is 29.2 Å². The van der Waals surface area contributed by atoms with Crippen LogP contribution < -0.4 is 5.32 Å². The minimum absolute atomic E-state index is 0.0382. The number of fused-ring (bicyclic) bond motifs is 1. The Kier molecular flexibility index (Phi) is 7.80. The zero-order valence-electron chi connectivity index (χ0n) is 21.1. The third-order valence-corrected chi connectivity index (χ3v) is 6.30. The van der Waals surface area contributed by atoms with Gasteiger partial charge in [-0.15, -0.1) is 0 Å². The van der Waals surface area contributed by atoms with Gasteiger partial charge in [0.25, 0.3) is 5.91 Å². The van der Waals surface area contributed by atoms with Gasteiger partial charge in [-0.1, -0.05) is 6.58 Å². The number of rotatable bonds is 8. The van der Waals surface area contributed by atoms with Gasteiger partial charge in [0.1, 0.15) is 11.5 Å². The van der Waals surface area contributed by atoms with Gasteiger partial charge in [-0.25, -0.2) is 9.97 Å². The summed E-state index contributed by atoms with van der Waals surface area (Å²) in [5, 5.41) is 4.16. The molecule has 0 unspecified atom stereocenters. The third-order valence-electron chi connectivity index (χ3n) is 6.30. The molecule has 3 heterocycles. The first-order valence-electron chi connectivity index (χ1n) is 12.1. The number of methoxy groups -OCH3 is 1. The maximum absolute atomic E-state index is 13.2. The summed E-state index contributed by atoms with van der Waals surface area (Å²) in [5.41, 5.74) is 3.42. The second kappa shape index (κ2) is 11.2. The summed E-state index contributed by atoms with van der Waals surface area (Å²) in [5.74, 6) is 0.901. The van der Waals surface area contributed by atoms with E-state index in [2.05, 4.69) is 57.3 Å². The first-order chi connectivity index (χ1) is 17.4. The number of carbonyl (C=O) groups excluding carboxylic acids is 1. The molecule has 1 fully saturated rings. The molecule has 9 heteroatoms. The number of aliphatic imine (C=N–C) groups is 1. The number of amides is 1. The maximum Gasteiger partial charge on any atom is 0.270 e. The molecule has 0 bridgehead atoms. The molecule has 36 heavy (non-hydrogen) atoms. The van der Waals surface area contributed by atoms with Crippen LogP contribution >= 0.6 is 0 Å². The van der Waals surface area contributed by atoms with E-state index in [0.29, 0.717) is 34.8 Å². The number of ether oxygens (including phenoxy) is 1. The van der Waals surface area contributed by atoms with Crippen LogP contribution in [0.3, 0.4) is 0 Å². The number of carbonyl (C=O) groups is 1. The molecule has 0 spiro atoms. The topological polar surface area (TPSA) is 98.7 Å². The normalized spacial score (nSPS) is 15.1. The van der Waals surface area contributed by atoms with E-state index < -0.39 is 0 Å². The Morgan fingerprint density at radius 2 is 2.06 bits per heavy atom. The predicted octanol–water partition coefficient (Wildman–Crippen LogP) is 4.46. The van der Waals surface area contributed by atoms with Crippen LogP contribution in [0.4, 0.5) is 11.6 Å². The Bertz CT molecular complexity index is 1290. The highest BCUT2D eigenvalue weighted by Gasteiger charge is 2.22. The van der Waals surface area contributed by atoms with Gasteiger partial charge in [-0.2, -0.15) is 0 Å². The first kappa shape index (κ1) is 25.1. The zero-order valence-corrected chi connectivity index (χ0v) is 21.1. The van der Waals surface area contributed by atoms with Gasteiger partial charge in [-0.3, -0.25) is 14.7 Å². The Hall–Kier alpha value is -3.98. The van der Waals surface area contributed by atoms with Crippen molar-refractivity contribution in [2.45, 2.75) is 26.3 Å². The van der Waals surface area contributed by atoms with Crippen molar-refractivity contribution in [3.8, 4) is 0 Å². The number of benzene rings is 1. The lowest BCUT2D eigenvalue weighted by molar-refractivity contribution is 0.0754. The minimum atomic E-state index is 0.0382. The predicted molar refractivity (Wildman–Crippen MR) is 145 cm³/mol. The van der Waals surface area contributed by atoms with Crippen LogP contribution in [-0.2, 0) is 4.74 Å². The van der Waals surface area contributed by atoms with Gasteiger partial charge in [0, 0.05) is 61.1 Å². The van der Waals surface area contributed by atoms with E-state index >= 15 is 0 Å². The molecule has 3 aromatic rings. The van der Waals surface area contributed by atoms with Crippen molar-refractivity contribution in [1.29, 1.82) is 0 Å². The lowest BCUT2D eigenvalue weighted by Crippen LogP contribution is -2.37. The fraction of sp³-hybridized carbons (Fsp3) is 0.333. The molecule has 1 aromatic carbocycles. The summed E-state index contributed by atoms with van der Waals surface area (Å²) < 4.78 is 5.10. The molecular formula is C27H33N7O2. The molecule has 1 aliphatic rings. The molecule has 2 N–H and O–H groups in total. The molecule has 0 saturated carbocycles. The van der Waals surface area contributed by atoms with Crippen molar-refractivity contribution in [2.75, 3.05) is 38.6 Å². The molecule has 1 aliphatic heterocycles.